The minimum atomic E-state index is -0.836. The molecule has 0 aromatic heterocycles. The van der Waals surface area contributed by atoms with Gasteiger partial charge < -0.3 is 5.32 Å². The van der Waals surface area contributed by atoms with Gasteiger partial charge in [0.1, 0.15) is 11.2 Å². The minimum Gasteiger partial charge on any atom is -0.348 e. The number of carbonyl (C=O) groups is 1. The highest BCUT2D eigenvalue weighted by atomic mass is 19.1. The van der Waals surface area contributed by atoms with E-state index in [2.05, 4.69) is 5.32 Å². The van der Waals surface area contributed by atoms with E-state index in [4.69, 9.17) is 5.26 Å². The van der Waals surface area contributed by atoms with E-state index in [1.807, 2.05) is 6.07 Å². The Labute approximate surface area is 106 Å². The van der Waals surface area contributed by atoms with Crippen molar-refractivity contribution in [1.82, 2.24) is 5.32 Å². The molecule has 1 atom stereocenters. The Morgan fingerprint density at radius 3 is 2.72 bits per heavy atom. The molecule has 3 nitrogen and oxygen atoms in total. The average Bonchev–Trinajstić information content (AvgIpc) is 3.13. The van der Waals surface area contributed by atoms with Gasteiger partial charge in [-0.15, -0.1) is 0 Å². The molecular weight excluding hydrogens is 231 g/mol. The van der Waals surface area contributed by atoms with Gasteiger partial charge in [-0.1, -0.05) is 12.1 Å². The first-order valence-corrected chi connectivity index (χ1v) is 5.97. The van der Waals surface area contributed by atoms with E-state index in [0.29, 0.717) is 24.0 Å². The number of nitrogens with zero attached hydrogens (tertiary/aromatic N) is 1. The number of halogens is 1. The lowest BCUT2D eigenvalue weighted by molar-refractivity contribution is -0.125. The highest BCUT2D eigenvalue weighted by molar-refractivity contribution is 5.88. The molecule has 1 fully saturated rings. The lowest BCUT2D eigenvalue weighted by Gasteiger charge is -2.16. The molecule has 1 N–H and O–H groups in total. The van der Waals surface area contributed by atoms with Gasteiger partial charge in [-0.05, 0) is 43.9 Å². The van der Waals surface area contributed by atoms with Gasteiger partial charge in [-0.3, -0.25) is 4.79 Å². The van der Waals surface area contributed by atoms with Gasteiger partial charge in [0.2, 0.25) is 5.91 Å². The van der Waals surface area contributed by atoms with E-state index in [0.717, 1.165) is 0 Å². The van der Waals surface area contributed by atoms with Gasteiger partial charge in [-0.2, -0.15) is 5.26 Å². The van der Waals surface area contributed by atoms with E-state index in [9.17, 15) is 9.18 Å². The first-order chi connectivity index (χ1) is 8.48. The molecule has 1 saturated carbocycles. The number of nitriles is 1. The van der Waals surface area contributed by atoms with Crippen LogP contribution in [0.25, 0.3) is 0 Å². The summed E-state index contributed by atoms with van der Waals surface area (Å²) in [6.07, 6.45) is 1.23. The molecular formula is C14H15FN2O. The number of amides is 1. The first-order valence-electron chi connectivity index (χ1n) is 5.97. The highest BCUT2D eigenvalue weighted by Crippen LogP contribution is 2.45. The van der Waals surface area contributed by atoms with Crippen molar-refractivity contribution in [3.63, 3.8) is 0 Å². The van der Waals surface area contributed by atoms with Crippen LogP contribution in [0.15, 0.2) is 18.2 Å². The molecule has 1 unspecified atom stereocenters. The SMILES string of the molecule is Cc1ccc(C(C)NC(=O)C2(C#N)CC2)cc1F. The summed E-state index contributed by atoms with van der Waals surface area (Å²) in [6, 6.07) is 6.65. The Balaban J connectivity index is 2.08. The van der Waals surface area contributed by atoms with Crippen molar-refractivity contribution in [3.8, 4) is 6.07 Å². The van der Waals surface area contributed by atoms with Gasteiger partial charge >= 0.3 is 0 Å². The minimum absolute atomic E-state index is 0.251. The van der Waals surface area contributed by atoms with E-state index in [1.165, 1.54) is 6.07 Å². The summed E-state index contributed by atoms with van der Waals surface area (Å²) in [7, 11) is 0. The molecule has 94 valence electrons. The predicted molar refractivity (Wildman–Crippen MR) is 65.0 cm³/mol. The summed E-state index contributed by atoms with van der Waals surface area (Å²) in [5, 5.41) is 11.7. The molecule has 0 bridgehead atoms. The van der Waals surface area contributed by atoms with Crippen LogP contribution in [0.1, 0.15) is 36.9 Å². The summed E-state index contributed by atoms with van der Waals surface area (Å²) < 4.78 is 13.4. The third-order valence-electron chi connectivity index (χ3n) is 3.44. The molecule has 18 heavy (non-hydrogen) atoms. The van der Waals surface area contributed by atoms with Crippen molar-refractivity contribution < 1.29 is 9.18 Å². The second kappa shape index (κ2) is 4.41. The normalized spacial score (nSPS) is 17.7. The average molecular weight is 246 g/mol. The fourth-order valence-corrected chi connectivity index (χ4v) is 1.81. The largest absolute Gasteiger partial charge is 0.348 e. The fraction of sp³-hybridized carbons (Fsp3) is 0.429. The maximum atomic E-state index is 13.4. The van der Waals surface area contributed by atoms with Crippen molar-refractivity contribution in [1.29, 1.82) is 5.26 Å². The van der Waals surface area contributed by atoms with Crippen LogP contribution in [-0.4, -0.2) is 5.91 Å². The van der Waals surface area contributed by atoms with Crippen LogP contribution in [0.2, 0.25) is 0 Å². The van der Waals surface area contributed by atoms with Crippen LogP contribution in [0.3, 0.4) is 0 Å². The molecule has 0 saturated heterocycles. The number of aryl methyl sites for hydroxylation is 1. The van der Waals surface area contributed by atoms with Gasteiger partial charge in [0.05, 0.1) is 12.1 Å². The van der Waals surface area contributed by atoms with Crippen molar-refractivity contribution in [2.75, 3.05) is 0 Å². The van der Waals surface area contributed by atoms with Crippen LogP contribution in [0.4, 0.5) is 4.39 Å². The monoisotopic (exact) mass is 246 g/mol. The summed E-state index contributed by atoms with van der Waals surface area (Å²) in [4.78, 5) is 11.9. The predicted octanol–water partition coefficient (Wildman–Crippen LogP) is 2.62. The molecule has 0 heterocycles. The molecule has 0 radical (unpaired) electrons. The van der Waals surface area contributed by atoms with E-state index in [-0.39, 0.29) is 17.8 Å². The number of nitrogens with one attached hydrogen (secondary N) is 1. The summed E-state index contributed by atoms with van der Waals surface area (Å²) in [5.41, 5.74) is 0.450. The summed E-state index contributed by atoms with van der Waals surface area (Å²) in [5.74, 6) is -0.534. The van der Waals surface area contributed by atoms with E-state index in [1.54, 1.807) is 26.0 Å². The van der Waals surface area contributed by atoms with Gasteiger partial charge in [-0.25, -0.2) is 4.39 Å². The molecule has 1 aromatic rings. The molecule has 1 amide bonds. The molecule has 1 aliphatic rings. The number of hydrogen-bond donors (Lipinski definition) is 1. The lowest BCUT2D eigenvalue weighted by Crippen LogP contribution is -2.33. The van der Waals surface area contributed by atoms with Crippen LogP contribution in [0, 0.1) is 29.5 Å². The van der Waals surface area contributed by atoms with E-state index >= 15 is 0 Å². The number of rotatable bonds is 3. The summed E-state index contributed by atoms with van der Waals surface area (Å²) >= 11 is 0. The zero-order chi connectivity index (χ0) is 13.3. The molecule has 2 rings (SSSR count). The maximum Gasteiger partial charge on any atom is 0.240 e. The Morgan fingerprint density at radius 2 is 2.22 bits per heavy atom. The third-order valence-corrected chi connectivity index (χ3v) is 3.44. The summed E-state index contributed by atoms with van der Waals surface area (Å²) in [6.45, 7) is 3.48. The Bertz CT molecular complexity index is 529. The molecule has 1 aromatic carbocycles. The highest BCUT2D eigenvalue weighted by Gasteiger charge is 2.50. The molecule has 0 spiro atoms. The van der Waals surface area contributed by atoms with Crippen LogP contribution >= 0.6 is 0 Å². The van der Waals surface area contributed by atoms with Crippen molar-refractivity contribution >= 4 is 5.91 Å². The van der Waals surface area contributed by atoms with Crippen molar-refractivity contribution in [3.05, 3.63) is 35.1 Å². The van der Waals surface area contributed by atoms with Crippen LogP contribution in [0.5, 0.6) is 0 Å². The maximum absolute atomic E-state index is 13.4. The zero-order valence-electron chi connectivity index (χ0n) is 10.5. The molecule has 0 aliphatic heterocycles. The standard InChI is InChI=1S/C14H15FN2O/c1-9-3-4-11(7-12(9)15)10(2)17-13(18)14(8-16)5-6-14/h3-4,7,10H,5-6H2,1-2H3,(H,17,18). The van der Waals surface area contributed by atoms with Gasteiger partial charge in [0.25, 0.3) is 0 Å². The first kappa shape index (κ1) is 12.6. The Kier molecular flexibility index (Phi) is 3.08. The van der Waals surface area contributed by atoms with E-state index < -0.39 is 5.41 Å². The Morgan fingerprint density at radius 1 is 1.56 bits per heavy atom. The lowest BCUT2D eigenvalue weighted by atomic mass is 10.0. The van der Waals surface area contributed by atoms with Crippen LogP contribution in [-0.2, 0) is 4.79 Å². The number of hydrogen-bond acceptors (Lipinski definition) is 2. The topological polar surface area (TPSA) is 52.9 Å². The number of benzene rings is 1. The molecule has 1 aliphatic carbocycles. The fourth-order valence-electron chi connectivity index (χ4n) is 1.81. The smallest absolute Gasteiger partial charge is 0.240 e. The van der Waals surface area contributed by atoms with Crippen molar-refractivity contribution in [2.45, 2.75) is 32.7 Å². The number of carbonyl (C=O) groups excluding carboxylic acids is 1. The third kappa shape index (κ3) is 2.21. The van der Waals surface area contributed by atoms with Gasteiger partial charge in [0, 0.05) is 0 Å². The zero-order valence-corrected chi connectivity index (χ0v) is 10.5. The Hall–Kier alpha value is -1.89. The quantitative estimate of drug-likeness (QED) is 0.891. The second-order valence-electron chi connectivity index (χ2n) is 4.90. The molecule has 4 heteroatoms. The van der Waals surface area contributed by atoms with Gasteiger partial charge in [0.15, 0.2) is 0 Å². The second-order valence-corrected chi connectivity index (χ2v) is 4.90. The van der Waals surface area contributed by atoms with Crippen molar-refractivity contribution in [2.24, 2.45) is 5.41 Å². The van der Waals surface area contributed by atoms with Crippen LogP contribution < -0.4 is 5.32 Å².